The molecule has 0 aliphatic carbocycles. The second kappa shape index (κ2) is 7.84. The van der Waals surface area contributed by atoms with Crippen LogP contribution in [-0.2, 0) is 6.18 Å². The van der Waals surface area contributed by atoms with Crippen molar-refractivity contribution in [1.29, 1.82) is 0 Å². The fraction of sp³-hybridized carbons (Fsp3) is 0.381. The number of likely N-dealkylation sites (tertiary alicyclic amines) is 1. The molecule has 1 amide bonds. The van der Waals surface area contributed by atoms with Crippen LogP contribution in [0.25, 0.3) is 22.4 Å². The van der Waals surface area contributed by atoms with E-state index in [1.165, 1.54) is 19.2 Å². The number of rotatable bonds is 4. The number of halogens is 3. The Balaban J connectivity index is 1.87. The molecule has 1 atom stereocenters. The van der Waals surface area contributed by atoms with Crippen molar-refractivity contribution >= 4 is 16.8 Å². The highest BCUT2D eigenvalue weighted by molar-refractivity contribution is 5.98. The predicted molar refractivity (Wildman–Crippen MR) is 107 cm³/mol. The van der Waals surface area contributed by atoms with E-state index in [2.05, 4.69) is 9.97 Å². The van der Waals surface area contributed by atoms with E-state index in [-0.39, 0.29) is 34.5 Å². The number of alkyl halides is 3. The van der Waals surface area contributed by atoms with Crippen LogP contribution in [0.15, 0.2) is 28.7 Å². The molecule has 0 radical (unpaired) electrons. The number of fused-ring (bicyclic) bond motifs is 1. The molecule has 2 aromatic heterocycles. The minimum atomic E-state index is -4.60. The van der Waals surface area contributed by atoms with Crippen LogP contribution in [0.4, 0.5) is 13.2 Å². The molecule has 0 saturated carbocycles. The van der Waals surface area contributed by atoms with Crippen LogP contribution in [-0.4, -0.2) is 41.0 Å². The summed E-state index contributed by atoms with van der Waals surface area (Å²) in [5.74, 6) is 0.229. The third-order valence-electron chi connectivity index (χ3n) is 5.22. The summed E-state index contributed by atoms with van der Waals surface area (Å²) in [6.07, 6.45) is -2.77. The van der Waals surface area contributed by atoms with Gasteiger partial charge in [-0.25, -0.2) is 9.97 Å². The Morgan fingerprint density at radius 3 is 2.52 bits per heavy atom. The standard InChI is InChI=1S/C21H21F3N4O3/c1-11(25)18-17(20(29)28-9-3-4-10-28)27-19(31-18)13-5-7-14(30-2)16-12(13)6-8-15(26-16)21(22,23)24/h5-8,11H,3-4,9-10,25H2,1-2H3. The lowest BCUT2D eigenvalue weighted by Crippen LogP contribution is -2.29. The van der Waals surface area contributed by atoms with Crippen LogP contribution in [0.3, 0.4) is 0 Å². The van der Waals surface area contributed by atoms with Crippen LogP contribution < -0.4 is 10.5 Å². The molecule has 164 valence electrons. The van der Waals surface area contributed by atoms with Gasteiger partial charge in [0.2, 0.25) is 5.89 Å². The highest BCUT2D eigenvalue weighted by atomic mass is 19.4. The fourth-order valence-electron chi connectivity index (χ4n) is 3.68. The number of ether oxygens (including phenoxy) is 1. The van der Waals surface area contributed by atoms with E-state index in [0.29, 0.717) is 24.0 Å². The number of hydrogen-bond donors (Lipinski definition) is 1. The number of carbonyl (C=O) groups is 1. The van der Waals surface area contributed by atoms with Crippen molar-refractivity contribution < 1.29 is 27.1 Å². The Kier molecular flexibility index (Phi) is 5.34. The maximum Gasteiger partial charge on any atom is 0.433 e. The summed E-state index contributed by atoms with van der Waals surface area (Å²) in [5.41, 5.74) is 5.49. The molecule has 1 aromatic carbocycles. The third kappa shape index (κ3) is 3.83. The maximum atomic E-state index is 13.2. The van der Waals surface area contributed by atoms with Gasteiger partial charge in [-0.1, -0.05) is 0 Å². The fourth-order valence-corrected chi connectivity index (χ4v) is 3.68. The largest absolute Gasteiger partial charge is 0.494 e. The number of benzene rings is 1. The maximum absolute atomic E-state index is 13.2. The number of nitrogens with zero attached hydrogens (tertiary/aromatic N) is 3. The Hall–Kier alpha value is -3.14. The normalized spacial score (nSPS) is 15.5. The van der Waals surface area contributed by atoms with Gasteiger partial charge in [0.1, 0.15) is 17.0 Å². The van der Waals surface area contributed by atoms with Gasteiger partial charge in [0.05, 0.1) is 13.2 Å². The molecule has 31 heavy (non-hydrogen) atoms. The van der Waals surface area contributed by atoms with Crippen LogP contribution in [0.5, 0.6) is 5.75 Å². The SMILES string of the molecule is COc1ccc(-c2nc(C(=O)N3CCCC3)c(C(C)N)o2)c2ccc(C(F)(F)F)nc12. The van der Waals surface area contributed by atoms with E-state index in [1.807, 2.05) is 0 Å². The van der Waals surface area contributed by atoms with E-state index < -0.39 is 17.9 Å². The lowest BCUT2D eigenvalue weighted by Gasteiger charge is -2.14. The highest BCUT2D eigenvalue weighted by Crippen LogP contribution is 2.37. The second-order valence-corrected chi connectivity index (χ2v) is 7.43. The van der Waals surface area contributed by atoms with E-state index in [0.717, 1.165) is 18.9 Å². The molecule has 10 heteroatoms. The van der Waals surface area contributed by atoms with E-state index in [4.69, 9.17) is 14.9 Å². The minimum absolute atomic E-state index is 0.0165. The number of hydrogen-bond acceptors (Lipinski definition) is 6. The first kappa shape index (κ1) is 21.1. The molecule has 1 unspecified atom stereocenters. The summed E-state index contributed by atoms with van der Waals surface area (Å²) in [4.78, 5) is 22.8. The molecule has 0 spiro atoms. The number of aromatic nitrogens is 2. The Labute approximate surface area is 176 Å². The van der Waals surface area contributed by atoms with Crippen molar-refractivity contribution in [2.24, 2.45) is 5.73 Å². The molecule has 1 saturated heterocycles. The Morgan fingerprint density at radius 2 is 1.90 bits per heavy atom. The molecule has 1 aliphatic rings. The number of nitrogens with two attached hydrogens (primary N) is 1. The van der Waals surface area contributed by atoms with E-state index in [1.54, 1.807) is 17.9 Å². The van der Waals surface area contributed by atoms with Gasteiger partial charge in [0.15, 0.2) is 11.5 Å². The molecular formula is C21H21F3N4O3. The van der Waals surface area contributed by atoms with Crippen molar-refractivity contribution in [1.82, 2.24) is 14.9 Å². The number of carbonyl (C=O) groups excluding carboxylic acids is 1. The summed E-state index contributed by atoms with van der Waals surface area (Å²) < 4.78 is 50.5. The molecule has 1 fully saturated rings. The predicted octanol–water partition coefficient (Wildman–Crippen LogP) is 4.17. The number of oxazole rings is 1. The molecular weight excluding hydrogens is 413 g/mol. The van der Waals surface area contributed by atoms with Crippen molar-refractivity contribution in [2.75, 3.05) is 20.2 Å². The van der Waals surface area contributed by atoms with Gasteiger partial charge < -0.3 is 19.8 Å². The zero-order chi connectivity index (χ0) is 22.3. The average molecular weight is 434 g/mol. The zero-order valence-corrected chi connectivity index (χ0v) is 17.0. The van der Waals surface area contributed by atoms with E-state index >= 15 is 0 Å². The van der Waals surface area contributed by atoms with Crippen LogP contribution in [0.1, 0.15) is 47.7 Å². The second-order valence-electron chi connectivity index (χ2n) is 7.43. The van der Waals surface area contributed by atoms with Gasteiger partial charge in [-0.3, -0.25) is 4.79 Å². The Bertz CT molecular complexity index is 1130. The molecule has 4 rings (SSSR count). The summed E-state index contributed by atoms with van der Waals surface area (Å²) >= 11 is 0. The number of amides is 1. The lowest BCUT2D eigenvalue weighted by molar-refractivity contribution is -0.140. The highest BCUT2D eigenvalue weighted by Gasteiger charge is 2.33. The molecule has 3 heterocycles. The summed E-state index contributed by atoms with van der Waals surface area (Å²) in [6, 6.07) is 4.68. The van der Waals surface area contributed by atoms with Crippen molar-refractivity contribution in [3.05, 3.63) is 41.4 Å². The molecule has 1 aliphatic heterocycles. The van der Waals surface area contributed by atoms with Crippen LogP contribution in [0.2, 0.25) is 0 Å². The van der Waals surface area contributed by atoms with Gasteiger partial charge in [0, 0.05) is 24.0 Å². The summed E-state index contributed by atoms with van der Waals surface area (Å²) in [7, 11) is 1.35. The van der Waals surface area contributed by atoms with Crippen molar-refractivity contribution in [3.63, 3.8) is 0 Å². The number of methoxy groups -OCH3 is 1. The molecule has 2 N–H and O–H groups in total. The lowest BCUT2D eigenvalue weighted by atomic mass is 10.1. The third-order valence-corrected chi connectivity index (χ3v) is 5.22. The summed E-state index contributed by atoms with van der Waals surface area (Å²) in [5, 5.41) is 0.352. The van der Waals surface area contributed by atoms with Gasteiger partial charge >= 0.3 is 6.18 Å². The van der Waals surface area contributed by atoms with Gasteiger partial charge in [-0.15, -0.1) is 0 Å². The first-order chi connectivity index (χ1) is 14.7. The monoisotopic (exact) mass is 434 g/mol. The quantitative estimate of drug-likeness (QED) is 0.662. The zero-order valence-electron chi connectivity index (χ0n) is 17.0. The van der Waals surface area contributed by atoms with Gasteiger partial charge in [-0.2, -0.15) is 13.2 Å². The first-order valence-corrected chi connectivity index (χ1v) is 9.81. The number of pyridine rings is 1. The van der Waals surface area contributed by atoms with E-state index in [9.17, 15) is 18.0 Å². The molecule has 7 nitrogen and oxygen atoms in total. The molecule has 0 bridgehead atoms. The minimum Gasteiger partial charge on any atom is -0.494 e. The first-order valence-electron chi connectivity index (χ1n) is 9.81. The van der Waals surface area contributed by atoms with Crippen molar-refractivity contribution in [3.8, 4) is 17.2 Å². The molecule has 3 aromatic rings. The van der Waals surface area contributed by atoms with Crippen LogP contribution in [0, 0.1) is 0 Å². The van der Waals surface area contributed by atoms with Gasteiger partial charge in [-0.05, 0) is 44.0 Å². The van der Waals surface area contributed by atoms with Crippen LogP contribution >= 0.6 is 0 Å². The van der Waals surface area contributed by atoms with Crippen molar-refractivity contribution in [2.45, 2.75) is 32.0 Å². The Morgan fingerprint density at radius 1 is 1.19 bits per heavy atom. The topological polar surface area (TPSA) is 94.5 Å². The van der Waals surface area contributed by atoms with Gasteiger partial charge in [0.25, 0.3) is 5.91 Å². The average Bonchev–Trinajstić information content (AvgIpc) is 3.41. The smallest absolute Gasteiger partial charge is 0.433 e. The summed E-state index contributed by atoms with van der Waals surface area (Å²) in [6.45, 7) is 2.94.